The Morgan fingerprint density at radius 1 is 1.18 bits per heavy atom. The van der Waals surface area contributed by atoms with Crippen molar-refractivity contribution in [2.45, 2.75) is 38.6 Å². The lowest BCUT2D eigenvalue weighted by atomic mass is 10.1. The Balaban J connectivity index is 1.64. The number of amides is 4. The predicted molar refractivity (Wildman–Crippen MR) is 126 cm³/mol. The first kappa shape index (κ1) is 24.2. The van der Waals surface area contributed by atoms with E-state index in [-0.39, 0.29) is 17.8 Å². The summed E-state index contributed by atoms with van der Waals surface area (Å²) in [7, 11) is 1.26. The summed E-state index contributed by atoms with van der Waals surface area (Å²) in [6, 6.07) is 7.78. The van der Waals surface area contributed by atoms with E-state index in [0.29, 0.717) is 17.9 Å². The molecule has 0 radical (unpaired) electrons. The third-order valence-corrected chi connectivity index (χ3v) is 6.20. The molecule has 0 saturated carbocycles. The fourth-order valence-electron chi connectivity index (χ4n) is 3.53. The van der Waals surface area contributed by atoms with Crippen LogP contribution in [0.15, 0.2) is 35.7 Å². The first-order valence-corrected chi connectivity index (χ1v) is 11.7. The number of hydrogen-bond donors (Lipinski definition) is 3. The molecule has 1 fully saturated rings. The van der Waals surface area contributed by atoms with E-state index >= 15 is 0 Å². The van der Waals surface area contributed by atoms with Gasteiger partial charge in [0.25, 0.3) is 0 Å². The molecule has 4 amide bonds. The third-order valence-electron chi connectivity index (χ3n) is 5.30. The van der Waals surface area contributed by atoms with Crippen LogP contribution in [0.2, 0.25) is 0 Å². The summed E-state index contributed by atoms with van der Waals surface area (Å²) in [5, 5.41) is 9.80. The van der Waals surface area contributed by atoms with Gasteiger partial charge in [0.05, 0.1) is 19.2 Å². The molecule has 176 valence electrons. The van der Waals surface area contributed by atoms with Crippen LogP contribution in [-0.4, -0.2) is 55.0 Å². The zero-order valence-electron chi connectivity index (χ0n) is 18.7. The standard InChI is InChI=1S/C23H28N4O5S/c1-3-4-5-15-6-8-16(9-7-15)25-23(31)27-12-11-24-21(29)18(27)14-19(28)26-17-10-13-33-20(17)22(30)32-2/h6-10,13,18H,3-5,11-12,14H2,1-2H3,(H,24,29)(H,25,31)(H,26,28)/t18-/m1/s1. The molecule has 0 bridgehead atoms. The Morgan fingerprint density at radius 3 is 2.64 bits per heavy atom. The van der Waals surface area contributed by atoms with Gasteiger partial charge < -0.3 is 25.6 Å². The monoisotopic (exact) mass is 472 g/mol. The minimum atomic E-state index is -0.970. The van der Waals surface area contributed by atoms with Gasteiger partial charge in [0.1, 0.15) is 10.9 Å². The fraction of sp³-hybridized carbons (Fsp3) is 0.391. The molecule has 9 nitrogen and oxygen atoms in total. The van der Waals surface area contributed by atoms with Crippen LogP contribution < -0.4 is 16.0 Å². The van der Waals surface area contributed by atoms with Gasteiger partial charge in [-0.2, -0.15) is 0 Å². The molecule has 33 heavy (non-hydrogen) atoms. The second-order valence-corrected chi connectivity index (χ2v) is 8.55. The van der Waals surface area contributed by atoms with E-state index in [0.717, 1.165) is 30.6 Å². The number of benzene rings is 1. The maximum atomic E-state index is 12.9. The van der Waals surface area contributed by atoms with Crippen LogP contribution in [0.25, 0.3) is 0 Å². The number of carbonyl (C=O) groups excluding carboxylic acids is 4. The average Bonchev–Trinajstić information content (AvgIpc) is 3.27. The molecule has 1 aromatic heterocycles. The first-order valence-electron chi connectivity index (χ1n) is 10.8. The number of esters is 1. The highest BCUT2D eigenvalue weighted by molar-refractivity contribution is 7.12. The van der Waals surface area contributed by atoms with Crippen molar-refractivity contribution in [1.82, 2.24) is 10.2 Å². The number of nitrogens with one attached hydrogen (secondary N) is 3. The van der Waals surface area contributed by atoms with Crippen molar-refractivity contribution >= 4 is 46.5 Å². The SMILES string of the molecule is CCCCc1ccc(NC(=O)N2CCNC(=O)[C@H]2CC(=O)Nc2ccsc2C(=O)OC)cc1. The smallest absolute Gasteiger partial charge is 0.350 e. The Labute approximate surface area is 196 Å². The van der Waals surface area contributed by atoms with Crippen molar-refractivity contribution < 1.29 is 23.9 Å². The largest absolute Gasteiger partial charge is 0.465 e. The third kappa shape index (κ3) is 6.32. The van der Waals surface area contributed by atoms with E-state index in [2.05, 4.69) is 22.9 Å². The van der Waals surface area contributed by atoms with Gasteiger partial charge in [-0.15, -0.1) is 11.3 Å². The summed E-state index contributed by atoms with van der Waals surface area (Å²) >= 11 is 1.14. The molecule has 1 saturated heterocycles. The number of rotatable bonds is 8. The molecule has 10 heteroatoms. The second kappa shape index (κ2) is 11.5. The van der Waals surface area contributed by atoms with Gasteiger partial charge in [0.15, 0.2) is 0 Å². The zero-order valence-corrected chi connectivity index (χ0v) is 19.5. The second-order valence-electron chi connectivity index (χ2n) is 7.64. The van der Waals surface area contributed by atoms with Crippen molar-refractivity contribution in [3.8, 4) is 0 Å². The number of urea groups is 1. The molecule has 2 aromatic rings. The van der Waals surface area contributed by atoms with Gasteiger partial charge in [-0.05, 0) is 42.0 Å². The number of anilines is 2. The highest BCUT2D eigenvalue weighted by Crippen LogP contribution is 2.24. The number of piperazine rings is 1. The molecule has 1 aromatic carbocycles. The van der Waals surface area contributed by atoms with Crippen molar-refractivity contribution in [3.05, 3.63) is 46.2 Å². The summed E-state index contributed by atoms with van der Waals surface area (Å²) in [5.41, 5.74) is 2.13. The van der Waals surface area contributed by atoms with E-state index in [9.17, 15) is 19.2 Å². The number of carbonyl (C=O) groups is 4. The molecule has 1 aliphatic heterocycles. The maximum Gasteiger partial charge on any atom is 0.350 e. The molecular weight excluding hydrogens is 444 g/mol. The number of aryl methyl sites for hydroxylation is 1. The van der Waals surface area contributed by atoms with Crippen molar-refractivity contribution in [2.75, 3.05) is 30.8 Å². The highest BCUT2D eigenvalue weighted by atomic mass is 32.1. The molecule has 3 rings (SSSR count). The average molecular weight is 473 g/mol. The van der Waals surface area contributed by atoms with Crippen LogP contribution in [0.5, 0.6) is 0 Å². The lowest BCUT2D eigenvalue weighted by molar-refractivity contribution is -0.130. The molecule has 3 N–H and O–H groups in total. The Kier molecular flexibility index (Phi) is 8.42. The number of nitrogens with zero attached hydrogens (tertiary/aromatic N) is 1. The lowest BCUT2D eigenvalue weighted by Crippen LogP contribution is -2.59. The Morgan fingerprint density at radius 2 is 1.94 bits per heavy atom. The van der Waals surface area contributed by atoms with Crippen molar-refractivity contribution in [1.29, 1.82) is 0 Å². The van der Waals surface area contributed by atoms with Gasteiger partial charge in [0.2, 0.25) is 11.8 Å². The maximum absolute atomic E-state index is 12.9. The molecule has 0 spiro atoms. The summed E-state index contributed by atoms with van der Waals surface area (Å²) in [6.45, 7) is 2.71. The van der Waals surface area contributed by atoms with Crippen LogP contribution in [0.1, 0.15) is 41.4 Å². The molecular formula is C23H28N4O5S. The highest BCUT2D eigenvalue weighted by Gasteiger charge is 2.35. The minimum absolute atomic E-state index is 0.244. The number of thiophene rings is 1. The van der Waals surface area contributed by atoms with E-state index < -0.39 is 29.9 Å². The van der Waals surface area contributed by atoms with E-state index in [1.165, 1.54) is 17.6 Å². The molecule has 1 atom stereocenters. The first-order chi connectivity index (χ1) is 15.9. The Bertz CT molecular complexity index is 1000. The van der Waals surface area contributed by atoms with Gasteiger partial charge in [-0.3, -0.25) is 9.59 Å². The number of hydrogen-bond acceptors (Lipinski definition) is 6. The summed E-state index contributed by atoms with van der Waals surface area (Å²) in [4.78, 5) is 51.5. The van der Waals surface area contributed by atoms with Crippen LogP contribution in [0, 0.1) is 0 Å². The van der Waals surface area contributed by atoms with Crippen molar-refractivity contribution in [2.24, 2.45) is 0 Å². The summed E-state index contributed by atoms with van der Waals surface area (Å²) in [5.74, 6) is -1.45. The molecule has 0 aliphatic carbocycles. The molecule has 0 unspecified atom stereocenters. The Hall–Kier alpha value is -3.40. The van der Waals surface area contributed by atoms with E-state index in [1.807, 2.05) is 24.3 Å². The molecule has 1 aliphatic rings. The number of methoxy groups -OCH3 is 1. The van der Waals surface area contributed by atoms with Crippen LogP contribution in [0.4, 0.5) is 16.2 Å². The normalized spacial score (nSPS) is 15.5. The van der Waals surface area contributed by atoms with Crippen LogP contribution in [0.3, 0.4) is 0 Å². The van der Waals surface area contributed by atoms with E-state index in [1.54, 1.807) is 11.4 Å². The van der Waals surface area contributed by atoms with Gasteiger partial charge in [0, 0.05) is 18.8 Å². The zero-order chi connectivity index (χ0) is 23.8. The summed E-state index contributed by atoms with van der Waals surface area (Å²) < 4.78 is 4.71. The fourth-order valence-corrected chi connectivity index (χ4v) is 4.29. The van der Waals surface area contributed by atoms with Gasteiger partial charge in [-0.1, -0.05) is 25.5 Å². The van der Waals surface area contributed by atoms with Gasteiger partial charge in [-0.25, -0.2) is 9.59 Å². The lowest BCUT2D eigenvalue weighted by Gasteiger charge is -2.34. The molecule has 2 heterocycles. The number of unbranched alkanes of at least 4 members (excludes halogenated alkanes) is 1. The minimum Gasteiger partial charge on any atom is -0.465 e. The van der Waals surface area contributed by atoms with Crippen LogP contribution >= 0.6 is 11.3 Å². The van der Waals surface area contributed by atoms with Gasteiger partial charge >= 0.3 is 12.0 Å². The summed E-state index contributed by atoms with van der Waals surface area (Å²) in [6.07, 6.45) is 2.95. The van der Waals surface area contributed by atoms with Crippen LogP contribution in [-0.2, 0) is 20.7 Å². The predicted octanol–water partition coefficient (Wildman–Crippen LogP) is 3.24. The van der Waals surface area contributed by atoms with Crippen molar-refractivity contribution in [3.63, 3.8) is 0 Å². The van der Waals surface area contributed by atoms with E-state index in [4.69, 9.17) is 4.74 Å². The quantitative estimate of drug-likeness (QED) is 0.510. The topological polar surface area (TPSA) is 117 Å². The number of ether oxygens (including phenoxy) is 1.